The molecule has 0 saturated carbocycles. The summed E-state index contributed by atoms with van der Waals surface area (Å²) in [5, 5.41) is 0.685. The fourth-order valence-corrected chi connectivity index (χ4v) is 3.90. The van der Waals surface area contributed by atoms with E-state index >= 15 is 0 Å². The largest absolute Gasteiger partial charge is 0.497 e. The molecule has 0 N–H and O–H groups in total. The summed E-state index contributed by atoms with van der Waals surface area (Å²) in [6, 6.07) is 15.6. The van der Waals surface area contributed by atoms with Crippen LogP contribution in [-0.2, 0) is 6.42 Å². The monoisotopic (exact) mass is 310 g/mol. The van der Waals surface area contributed by atoms with Gasteiger partial charge in [-0.15, -0.1) is 0 Å². The van der Waals surface area contributed by atoms with Gasteiger partial charge in [0.2, 0.25) is 5.91 Å². The smallest absolute Gasteiger partial charge is 0.247 e. The lowest BCUT2D eigenvalue weighted by molar-refractivity contribution is 0.0914. The van der Waals surface area contributed by atoms with Gasteiger partial charge in [-0.05, 0) is 36.2 Å². The van der Waals surface area contributed by atoms with Gasteiger partial charge < -0.3 is 4.74 Å². The quantitative estimate of drug-likeness (QED) is 0.743. The van der Waals surface area contributed by atoms with Crippen LogP contribution < -0.4 is 4.74 Å². The number of rotatable bonds is 3. The Morgan fingerprint density at radius 2 is 1.95 bits per heavy atom. The summed E-state index contributed by atoms with van der Waals surface area (Å²) in [5.74, 6) is 0.942. The molecule has 3 aromatic rings. The Hall–Kier alpha value is -2.27. The van der Waals surface area contributed by atoms with Crippen LogP contribution in [-0.4, -0.2) is 27.8 Å². The molecule has 0 amide bonds. The molecular formula is C17H14N2O2S. The van der Waals surface area contributed by atoms with Crippen LogP contribution >= 0.6 is 11.8 Å². The molecule has 0 saturated heterocycles. The van der Waals surface area contributed by atoms with Crippen molar-refractivity contribution in [3.63, 3.8) is 0 Å². The SMILES string of the molecule is COc1ccc(CC2Sc3nc4ccccc4n3C2=O)cc1. The van der Waals surface area contributed by atoms with Crippen LogP contribution in [0.5, 0.6) is 5.75 Å². The predicted octanol–water partition coefficient (Wildman–Crippen LogP) is 3.40. The number of para-hydroxylation sites is 2. The highest BCUT2D eigenvalue weighted by molar-refractivity contribution is 8.00. The first kappa shape index (κ1) is 13.4. The molecule has 2 heterocycles. The molecule has 1 aliphatic heterocycles. The molecule has 0 bridgehead atoms. The summed E-state index contributed by atoms with van der Waals surface area (Å²) < 4.78 is 6.90. The first-order valence-corrected chi connectivity index (χ1v) is 7.95. The van der Waals surface area contributed by atoms with E-state index in [-0.39, 0.29) is 11.2 Å². The van der Waals surface area contributed by atoms with Crippen molar-refractivity contribution >= 4 is 28.7 Å². The second kappa shape index (κ2) is 5.18. The number of hydrogen-bond acceptors (Lipinski definition) is 4. The van der Waals surface area contributed by atoms with Crippen LogP contribution in [0.3, 0.4) is 0 Å². The molecule has 0 radical (unpaired) electrons. The van der Waals surface area contributed by atoms with Crippen LogP contribution in [0.2, 0.25) is 0 Å². The summed E-state index contributed by atoms with van der Waals surface area (Å²) >= 11 is 1.55. The molecule has 1 aromatic heterocycles. The first-order valence-electron chi connectivity index (χ1n) is 7.07. The Labute approximate surface area is 132 Å². The van der Waals surface area contributed by atoms with Crippen molar-refractivity contribution in [3.8, 4) is 5.75 Å². The molecule has 1 atom stereocenters. The molecule has 22 heavy (non-hydrogen) atoms. The van der Waals surface area contributed by atoms with E-state index in [9.17, 15) is 4.79 Å². The summed E-state index contributed by atoms with van der Waals surface area (Å²) in [4.78, 5) is 17.2. The topological polar surface area (TPSA) is 44.1 Å². The Morgan fingerprint density at radius 1 is 1.18 bits per heavy atom. The van der Waals surface area contributed by atoms with Crippen LogP contribution in [0.1, 0.15) is 10.4 Å². The van der Waals surface area contributed by atoms with E-state index in [2.05, 4.69) is 4.98 Å². The number of fused-ring (bicyclic) bond motifs is 3. The maximum absolute atomic E-state index is 12.7. The summed E-state index contributed by atoms with van der Waals surface area (Å²) in [6.45, 7) is 0. The molecule has 5 heteroatoms. The predicted molar refractivity (Wildman–Crippen MR) is 86.7 cm³/mol. The highest BCUT2D eigenvalue weighted by Crippen LogP contribution is 2.36. The number of thioether (sulfide) groups is 1. The number of carbonyl (C=O) groups is 1. The highest BCUT2D eigenvalue weighted by Gasteiger charge is 2.34. The summed E-state index contributed by atoms with van der Waals surface area (Å²) in [5.41, 5.74) is 2.90. The normalized spacial score (nSPS) is 17.0. The number of aromatic nitrogens is 2. The van der Waals surface area contributed by atoms with E-state index < -0.39 is 0 Å². The number of hydrogen-bond donors (Lipinski definition) is 0. The van der Waals surface area contributed by atoms with Crippen molar-refractivity contribution in [2.45, 2.75) is 16.8 Å². The zero-order valence-corrected chi connectivity index (χ0v) is 12.8. The zero-order chi connectivity index (χ0) is 15.1. The maximum atomic E-state index is 12.7. The number of nitrogens with zero attached hydrogens (tertiary/aromatic N) is 2. The first-order chi connectivity index (χ1) is 10.8. The second-order valence-electron chi connectivity index (χ2n) is 5.22. The van der Waals surface area contributed by atoms with Gasteiger partial charge in [-0.25, -0.2) is 4.98 Å². The molecule has 4 nitrogen and oxygen atoms in total. The Bertz CT molecular complexity index is 855. The zero-order valence-electron chi connectivity index (χ0n) is 12.0. The third kappa shape index (κ3) is 2.09. The van der Waals surface area contributed by atoms with Gasteiger partial charge in [-0.1, -0.05) is 36.0 Å². The van der Waals surface area contributed by atoms with Gasteiger partial charge >= 0.3 is 0 Å². The van der Waals surface area contributed by atoms with E-state index in [4.69, 9.17) is 4.74 Å². The lowest BCUT2D eigenvalue weighted by atomic mass is 10.1. The Kier molecular flexibility index (Phi) is 3.15. The molecule has 0 fully saturated rings. The Morgan fingerprint density at radius 3 is 2.73 bits per heavy atom. The summed E-state index contributed by atoms with van der Waals surface area (Å²) in [6.07, 6.45) is 0.700. The molecule has 0 aliphatic carbocycles. The lowest BCUT2D eigenvalue weighted by Gasteiger charge is -2.08. The Balaban J connectivity index is 1.61. The number of carbonyl (C=O) groups excluding carboxylic acids is 1. The minimum absolute atomic E-state index is 0.111. The van der Waals surface area contributed by atoms with Gasteiger partial charge in [0.05, 0.1) is 23.4 Å². The summed E-state index contributed by atoms with van der Waals surface area (Å²) in [7, 11) is 1.65. The number of benzene rings is 2. The van der Waals surface area contributed by atoms with E-state index in [0.29, 0.717) is 6.42 Å². The molecule has 2 aromatic carbocycles. The maximum Gasteiger partial charge on any atom is 0.247 e. The van der Waals surface area contributed by atoms with Crippen molar-refractivity contribution in [1.82, 2.24) is 9.55 Å². The molecule has 110 valence electrons. The van der Waals surface area contributed by atoms with Gasteiger partial charge in [-0.2, -0.15) is 0 Å². The van der Waals surface area contributed by atoms with E-state index in [1.54, 1.807) is 23.4 Å². The van der Waals surface area contributed by atoms with Gasteiger partial charge in [0.1, 0.15) is 5.75 Å². The minimum Gasteiger partial charge on any atom is -0.497 e. The van der Waals surface area contributed by atoms with Crippen molar-refractivity contribution in [2.75, 3.05) is 7.11 Å². The van der Waals surface area contributed by atoms with Crippen molar-refractivity contribution in [2.24, 2.45) is 0 Å². The molecule has 1 aliphatic rings. The van der Waals surface area contributed by atoms with E-state index in [1.165, 1.54) is 0 Å². The van der Waals surface area contributed by atoms with Gasteiger partial charge in [0.15, 0.2) is 5.16 Å². The van der Waals surface area contributed by atoms with Crippen LogP contribution in [0.15, 0.2) is 53.7 Å². The average Bonchev–Trinajstić information content (AvgIpc) is 3.05. The second-order valence-corrected chi connectivity index (χ2v) is 6.39. The van der Waals surface area contributed by atoms with E-state index in [0.717, 1.165) is 27.5 Å². The molecule has 1 unspecified atom stereocenters. The van der Waals surface area contributed by atoms with Gasteiger partial charge in [0.25, 0.3) is 0 Å². The standard InChI is InChI=1S/C17H14N2O2S/c1-21-12-8-6-11(7-9-12)10-15-16(20)19-14-5-3-2-4-13(14)18-17(19)22-15/h2-9,15H,10H2,1H3. The highest BCUT2D eigenvalue weighted by atomic mass is 32.2. The fraction of sp³-hybridized carbons (Fsp3) is 0.176. The number of imidazole rings is 1. The molecule has 4 rings (SSSR count). The lowest BCUT2D eigenvalue weighted by Crippen LogP contribution is -2.19. The van der Waals surface area contributed by atoms with Crippen LogP contribution in [0.25, 0.3) is 11.0 Å². The minimum atomic E-state index is -0.111. The van der Waals surface area contributed by atoms with E-state index in [1.807, 2.05) is 48.5 Å². The third-order valence-electron chi connectivity index (χ3n) is 3.85. The van der Waals surface area contributed by atoms with Gasteiger partial charge in [0, 0.05) is 0 Å². The third-order valence-corrected chi connectivity index (χ3v) is 4.99. The van der Waals surface area contributed by atoms with Gasteiger partial charge in [-0.3, -0.25) is 9.36 Å². The average molecular weight is 310 g/mol. The number of methoxy groups -OCH3 is 1. The number of ether oxygens (including phenoxy) is 1. The van der Waals surface area contributed by atoms with Crippen LogP contribution in [0, 0.1) is 0 Å². The van der Waals surface area contributed by atoms with Crippen molar-refractivity contribution in [3.05, 3.63) is 54.1 Å². The van der Waals surface area contributed by atoms with Crippen LogP contribution in [0.4, 0.5) is 0 Å². The fourth-order valence-electron chi connectivity index (χ4n) is 2.72. The van der Waals surface area contributed by atoms with Crippen molar-refractivity contribution < 1.29 is 9.53 Å². The molecular weight excluding hydrogens is 296 g/mol. The molecule has 0 spiro atoms. The van der Waals surface area contributed by atoms with Crippen molar-refractivity contribution in [1.29, 1.82) is 0 Å².